The molecular formula is C17H21N3O4. The Labute approximate surface area is 139 Å². The summed E-state index contributed by atoms with van der Waals surface area (Å²) < 4.78 is 5.36. The highest BCUT2D eigenvalue weighted by Gasteiger charge is 2.29. The maximum atomic E-state index is 12.6. The van der Waals surface area contributed by atoms with Crippen LogP contribution < -0.4 is 5.32 Å². The summed E-state index contributed by atoms with van der Waals surface area (Å²) in [6.07, 6.45) is 2.57. The fourth-order valence-electron chi connectivity index (χ4n) is 2.69. The van der Waals surface area contributed by atoms with E-state index in [-0.39, 0.29) is 18.2 Å². The van der Waals surface area contributed by atoms with Gasteiger partial charge in [-0.05, 0) is 31.2 Å². The number of hydrogen-bond acceptors (Lipinski definition) is 5. The summed E-state index contributed by atoms with van der Waals surface area (Å²) in [5.74, 6) is -0.605. The first-order valence-electron chi connectivity index (χ1n) is 8.27. The van der Waals surface area contributed by atoms with Crippen LogP contribution in [-0.2, 0) is 4.79 Å². The smallest absolute Gasteiger partial charge is 0.303 e. The number of aliphatic carboxylic acids is 1. The van der Waals surface area contributed by atoms with E-state index in [1.165, 1.54) is 0 Å². The summed E-state index contributed by atoms with van der Waals surface area (Å²) in [7, 11) is 0. The molecule has 0 atom stereocenters. The van der Waals surface area contributed by atoms with Gasteiger partial charge in [0.15, 0.2) is 0 Å². The maximum absolute atomic E-state index is 12.6. The van der Waals surface area contributed by atoms with Gasteiger partial charge in [-0.1, -0.05) is 19.0 Å². The van der Waals surface area contributed by atoms with Crippen molar-refractivity contribution < 1.29 is 19.2 Å². The third kappa shape index (κ3) is 3.39. The number of rotatable bonds is 7. The van der Waals surface area contributed by atoms with E-state index in [0.29, 0.717) is 35.5 Å². The van der Waals surface area contributed by atoms with Crippen molar-refractivity contribution in [3.05, 3.63) is 23.0 Å². The molecule has 1 amide bonds. The Morgan fingerprint density at radius 2 is 2.17 bits per heavy atom. The third-order valence-corrected chi connectivity index (χ3v) is 4.13. The fourth-order valence-corrected chi connectivity index (χ4v) is 2.69. The van der Waals surface area contributed by atoms with Gasteiger partial charge in [-0.25, -0.2) is 4.98 Å². The summed E-state index contributed by atoms with van der Waals surface area (Å²) in [6.45, 7) is 4.29. The second-order valence-corrected chi connectivity index (χ2v) is 6.52. The monoisotopic (exact) mass is 331 g/mol. The highest BCUT2D eigenvalue weighted by atomic mass is 16.5. The predicted molar refractivity (Wildman–Crippen MR) is 87.1 cm³/mol. The van der Waals surface area contributed by atoms with Crippen LogP contribution in [0.4, 0.5) is 0 Å². The van der Waals surface area contributed by atoms with Gasteiger partial charge in [-0.3, -0.25) is 9.59 Å². The van der Waals surface area contributed by atoms with Gasteiger partial charge < -0.3 is 14.9 Å². The summed E-state index contributed by atoms with van der Waals surface area (Å²) in [5.41, 5.74) is 2.50. The Bertz CT molecular complexity index is 777. The van der Waals surface area contributed by atoms with E-state index in [1.807, 2.05) is 19.9 Å². The number of carbonyl (C=O) groups excluding carboxylic acids is 1. The van der Waals surface area contributed by atoms with Gasteiger partial charge in [0.2, 0.25) is 0 Å². The van der Waals surface area contributed by atoms with Crippen LogP contribution in [0.2, 0.25) is 0 Å². The van der Waals surface area contributed by atoms with Crippen molar-refractivity contribution in [1.82, 2.24) is 15.5 Å². The minimum absolute atomic E-state index is 0.0316. The molecule has 7 nitrogen and oxygen atoms in total. The Morgan fingerprint density at radius 3 is 2.79 bits per heavy atom. The van der Waals surface area contributed by atoms with Crippen molar-refractivity contribution in [2.24, 2.45) is 0 Å². The quantitative estimate of drug-likeness (QED) is 0.756. The van der Waals surface area contributed by atoms with Crippen LogP contribution in [0.1, 0.15) is 73.1 Å². The largest absolute Gasteiger partial charge is 0.481 e. The highest BCUT2D eigenvalue weighted by molar-refractivity contribution is 6.06. The highest BCUT2D eigenvalue weighted by Crippen LogP contribution is 2.41. The molecule has 2 heterocycles. The first-order valence-corrected chi connectivity index (χ1v) is 8.27. The molecule has 1 saturated carbocycles. The number of carboxylic acid groups (broad SMARTS) is 1. The van der Waals surface area contributed by atoms with Crippen molar-refractivity contribution in [1.29, 1.82) is 0 Å². The zero-order chi connectivity index (χ0) is 17.3. The molecule has 128 valence electrons. The van der Waals surface area contributed by atoms with Gasteiger partial charge in [0.1, 0.15) is 0 Å². The lowest BCUT2D eigenvalue weighted by atomic mass is 10.0. The second kappa shape index (κ2) is 6.59. The number of aromatic nitrogens is 2. The topological polar surface area (TPSA) is 105 Å². The lowest BCUT2D eigenvalue weighted by molar-refractivity contribution is -0.137. The van der Waals surface area contributed by atoms with Gasteiger partial charge in [0.25, 0.3) is 11.6 Å². The SMILES string of the molecule is CC(C)c1noc2nc(C3CC3)cc(C(=O)NCCCC(=O)O)c12. The predicted octanol–water partition coefficient (Wildman–Crippen LogP) is 2.82. The Hall–Kier alpha value is -2.44. The average Bonchev–Trinajstić information content (AvgIpc) is 3.29. The summed E-state index contributed by atoms with van der Waals surface area (Å²) >= 11 is 0. The van der Waals surface area contributed by atoms with Crippen molar-refractivity contribution in [3.8, 4) is 0 Å². The van der Waals surface area contributed by atoms with Crippen molar-refractivity contribution in [2.75, 3.05) is 6.54 Å². The molecule has 2 aromatic rings. The van der Waals surface area contributed by atoms with Crippen LogP contribution in [0.5, 0.6) is 0 Å². The standard InChI is InChI=1S/C17H21N3O4/c1-9(2)15-14-11(16(23)18-7-3-4-13(21)22)8-12(10-5-6-10)19-17(14)24-20-15/h8-10H,3-7H2,1-2H3,(H,18,23)(H,21,22). The molecule has 0 saturated heterocycles. The average molecular weight is 331 g/mol. The van der Waals surface area contributed by atoms with E-state index >= 15 is 0 Å². The summed E-state index contributed by atoms with van der Waals surface area (Å²) in [4.78, 5) is 27.7. The molecule has 1 fully saturated rings. The third-order valence-electron chi connectivity index (χ3n) is 4.13. The number of hydrogen-bond donors (Lipinski definition) is 2. The lowest BCUT2D eigenvalue weighted by Gasteiger charge is -2.09. The molecule has 3 rings (SSSR count). The number of pyridine rings is 1. The molecule has 0 aliphatic heterocycles. The van der Waals surface area contributed by atoms with Gasteiger partial charge in [0, 0.05) is 24.6 Å². The number of fused-ring (bicyclic) bond motifs is 1. The van der Waals surface area contributed by atoms with Crippen molar-refractivity contribution in [3.63, 3.8) is 0 Å². The van der Waals surface area contributed by atoms with Crippen molar-refractivity contribution >= 4 is 23.0 Å². The Balaban J connectivity index is 1.90. The fraction of sp³-hybridized carbons (Fsp3) is 0.529. The van der Waals surface area contributed by atoms with E-state index in [9.17, 15) is 9.59 Å². The molecule has 0 radical (unpaired) electrons. The molecule has 1 aliphatic rings. The molecule has 0 unspecified atom stereocenters. The van der Waals surface area contributed by atoms with E-state index in [1.54, 1.807) is 0 Å². The van der Waals surface area contributed by atoms with Crippen LogP contribution in [0.3, 0.4) is 0 Å². The lowest BCUT2D eigenvalue weighted by Crippen LogP contribution is -2.25. The molecule has 2 aromatic heterocycles. The van der Waals surface area contributed by atoms with Crippen LogP contribution in [0.15, 0.2) is 10.6 Å². The van der Waals surface area contributed by atoms with E-state index in [4.69, 9.17) is 9.63 Å². The van der Waals surface area contributed by atoms with Gasteiger partial charge in [0.05, 0.1) is 16.6 Å². The van der Waals surface area contributed by atoms with Crippen LogP contribution in [0.25, 0.3) is 11.1 Å². The molecule has 0 spiro atoms. The number of nitrogens with zero attached hydrogens (tertiary/aromatic N) is 2. The molecule has 1 aliphatic carbocycles. The van der Waals surface area contributed by atoms with E-state index < -0.39 is 5.97 Å². The maximum Gasteiger partial charge on any atom is 0.303 e. The number of nitrogens with one attached hydrogen (secondary N) is 1. The van der Waals surface area contributed by atoms with Gasteiger partial charge in [-0.15, -0.1) is 0 Å². The molecular weight excluding hydrogens is 310 g/mol. The number of amides is 1. The molecule has 0 aromatic carbocycles. The minimum Gasteiger partial charge on any atom is -0.481 e. The van der Waals surface area contributed by atoms with E-state index in [2.05, 4.69) is 15.5 Å². The number of carboxylic acids is 1. The summed E-state index contributed by atoms with van der Waals surface area (Å²) in [6, 6.07) is 1.83. The molecule has 2 N–H and O–H groups in total. The Morgan fingerprint density at radius 1 is 1.42 bits per heavy atom. The normalized spacial score (nSPS) is 14.3. The Kier molecular flexibility index (Phi) is 4.51. The zero-order valence-electron chi connectivity index (χ0n) is 13.8. The van der Waals surface area contributed by atoms with Crippen LogP contribution in [-0.4, -0.2) is 33.7 Å². The first kappa shape index (κ1) is 16.4. The first-order chi connectivity index (χ1) is 11.5. The van der Waals surface area contributed by atoms with Crippen molar-refractivity contribution in [2.45, 2.75) is 51.4 Å². The molecule has 7 heteroatoms. The number of carbonyl (C=O) groups is 2. The summed E-state index contributed by atoms with van der Waals surface area (Å²) in [5, 5.41) is 16.2. The van der Waals surface area contributed by atoms with E-state index in [0.717, 1.165) is 24.2 Å². The van der Waals surface area contributed by atoms with Crippen LogP contribution >= 0.6 is 0 Å². The molecule has 24 heavy (non-hydrogen) atoms. The zero-order valence-corrected chi connectivity index (χ0v) is 13.8. The van der Waals surface area contributed by atoms with Gasteiger partial charge in [-0.2, -0.15) is 0 Å². The second-order valence-electron chi connectivity index (χ2n) is 6.52. The molecule has 0 bridgehead atoms. The van der Waals surface area contributed by atoms with Gasteiger partial charge >= 0.3 is 5.97 Å². The minimum atomic E-state index is -0.868. The van der Waals surface area contributed by atoms with Crippen LogP contribution in [0, 0.1) is 0 Å².